The van der Waals surface area contributed by atoms with Crippen molar-refractivity contribution in [3.05, 3.63) is 69.2 Å². The van der Waals surface area contributed by atoms with E-state index in [1.54, 1.807) is 24.3 Å². The third-order valence-corrected chi connectivity index (χ3v) is 7.76. The molecule has 0 aromatic heterocycles. The van der Waals surface area contributed by atoms with E-state index in [-0.39, 0.29) is 28.2 Å². The molecule has 33 heavy (non-hydrogen) atoms. The first-order valence-electron chi connectivity index (χ1n) is 11.0. The van der Waals surface area contributed by atoms with Gasteiger partial charge in [-0.15, -0.1) is 0 Å². The molecule has 170 valence electrons. The van der Waals surface area contributed by atoms with E-state index >= 15 is 0 Å². The smallest absolute Gasteiger partial charge is 0.274 e. The second-order valence-electron chi connectivity index (χ2n) is 9.15. The molecule has 0 N–H and O–H groups in total. The quantitative estimate of drug-likeness (QED) is 0.459. The van der Waals surface area contributed by atoms with Crippen LogP contribution < -0.4 is 0 Å². The molecule has 6 nitrogen and oxygen atoms in total. The summed E-state index contributed by atoms with van der Waals surface area (Å²) in [4.78, 5) is 53.5. The number of fused-ring (bicyclic) bond motifs is 5. The van der Waals surface area contributed by atoms with Crippen LogP contribution in [0.3, 0.4) is 0 Å². The van der Waals surface area contributed by atoms with Crippen molar-refractivity contribution in [2.24, 2.45) is 23.7 Å². The standard InChI is InChI=1S/C25H22Cl2N2O4/c1-13-2-4-14(5-3-13)20(30)12-28(23(31)18-9-8-17(26)11-19(18)27)29-24(32)21-15-6-7-16(10-15)22(21)25(29)33/h2-5,8-9,11,15-16,21-22H,6-7,10,12H2,1H3/t15-,16-,21-,22+/m0/s1. The molecule has 3 amide bonds. The third-order valence-electron chi connectivity index (χ3n) is 7.21. The van der Waals surface area contributed by atoms with Crippen molar-refractivity contribution in [1.29, 1.82) is 0 Å². The SMILES string of the molecule is Cc1ccc(C(=O)CN(C(=O)c2ccc(Cl)cc2Cl)N2C(=O)[C@@H]3[C@H]4CC[C@@H](C4)[C@@H]3C2=O)cc1. The summed E-state index contributed by atoms with van der Waals surface area (Å²) in [7, 11) is 0. The lowest BCUT2D eigenvalue weighted by Crippen LogP contribution is -2.52. The van der Waals surface area contributed by atoms with Gasteiger partial charge in [0.1, 0.15) is 6.54 Å². The van der Waals surface area contributed by atoms with Gasteiger partial charge in [-0.05, 0) is 56.2 Å². The number of ketones is 1. The Bertz CT molecular complexity index is 1150. The van der Waals surface area contributed by atoms with Gasteiger partial charge in [0.15, 0.2) is 5.78 Å². The van der Waals surface area contributed by atoms with Crippen molar-refractivity contribution in [3.8, 4) is 0 Å². The van der Waals surface area contributed by atoms with Gasteiger partial charge >= 0.3 is 0 Å². The summed E-state index contributed by atoms with van der Waals surface area (Å²) in [6.45, 7) is 1.45. The number of hydrogen-bond acceptors (Lipinski definition) is 4. The molecule has 1 aliphatic heterocycles. The van der Waals surface area contributed by atoms with E-state index in [0.29, 0.717) is 10.6 Å². The monoisotopic (exact) mass is 484 g/mol. The molecule has 3 aliphatic rings. The number of rotatable bonds is 5. The zero-order chi connectivity index (χ0) is 23.4. The average molecular weight is 485 g/mol. The second kappa shape index (κ2) is 8.26. The molecule has 5 rings (SSSR count). The fourth-order valence-electron chi connectivity index (χ4n) is 5.63. The van der Waals surface area contributed by atoms with Crippen LogP contribution in [0.2, 0.25) is 10.0 Å². The molecule has 2 saturated carbocycles. The molecular formula is C25H22Cl2N2O4. The molecule has 2 bridgehead atoms. The van der Waals surface area contributed by atoms with Gasteiger partial charge in [-0.25, -0.2) is 5.01 Å². The maximum Gasteiger partial charge on any atom is 0.274 e. The summed E-state index contributed by atoms with van der Waals surface area (Å²) in [6, 6.07) is 11.3. The molecule has 2 aliphatic carbocycles. The topological polar surface area (TPSA) is 74.8 Å². The Labute approximate surface area is 201 Å². The van der Waals surface area contributed by atoms with Crippen molar-refractivity contribution in [3.63, 3.8) is 0 Å². The van der Waals surface area contributed by atoms with Crippen LogP contribution in [0.15, 0.2) is 42.5 Å². The van der Waals surface area contributed by atoms with Gasteiger partial charge in [0.25, 0.3) is 17.7 Å². The molecule has 0 radical (unpaired) electrons. The number of hydrazine groups is 1. The number of aryl methyl sites for hydroxylation is 1. The minimum atomic E-state index is -0.689. The van der Waals surface area contributed by atoms with Gasteiger partial charge in [0, 0.05) is 10.6 Å². The predicted molar refractivity (Wildman–Crippen MR) is 123 cm³/mol. The fraction of sp³-hybridized carbons (Fsp3) is 0.360. The second-order valence-corrected chi connectivity index (χ2v) is 9.99. The van der Waals surface area contributed by atoms with Crippen LogP contribution in [0.4, 0.5) is 0 Å². The van der Waals surface area contributed by atoms with Crippen LogP contribution in [-0.4, -0.2) is 40.1 Å². The number of halogens is 2. The van der Waals surface area contributed by atoms with Gasteiger partial charge in [-0.1, -0.05) is 53.0 Å². The predicted octanol–water partition coefficient (Wildman–Crippen LogP) is 4.57. The summed E-state index contributed by atoms with van der Waals surface area (Å²) in [5, 5.41) is 2.32. The number of Topliss-reactive ketones (excluding diaryl/α,β-unsaturated/α-hetero) is 1. The molecule has 8 heteroatoms. The van der Waals surface area contributed by atoms with Crippen molar-refractivity contribution in [1.82, 2.24) is 10.0 Å². The summed E-state index contributed by atoms with van der Waals surface area (Å²) in [6.07, 6.45) is 2.70. The average Bonchev–Trinajstić information content (AvgIpc) is 3.46. The molecule has 2 aromatic carbocycles. The zero-order valence-electron chi connectivity index (χ0n) is 18.0. The Morgan fingerprint density at radius 3 is 2.15 bits per heavy atom. The van der Waals surface area contributed by atoms with Crippen molar-refractivity contribution >= 4 is 46.7 Å². The Kier molecular flexibility index (Phi) is 5.53. The number of carbonyl (C=O) groups excluding carboxylic acids is 4. The molecule has 0 spiro atoms. The van der Waals surface area contributed by atoms with Gasteiger partial charge in [0.2, 0.25) is 0 Å². The summed E-state index contributed by atoms with van der Waals surface area (Å²) >= 11 is 12.2. The lowest BCUT2D eigenvalue weighted by molar-refractivity contribution is -0.154. The molecule has 0 unspecified atom stereocenters. The van der Waals surface area contributed by atoms with Crippen LogP contribution in [0.5, 0.6) is 0 Å². The van der Waals surface area contributed by atoms with Crippen LogP contribution >= 0.6 is 23.2 Å². The van der Waals surface area contributed by atoms with Gasteiger partial charge in [-0.3, -0.25) is 19.2 Å². The van der Waals surface area contributed by atoms with E-state index in [2.05, 4.69) is 0 Å². The van der Waals surface area contributed by atoms with E-state index in [1.165, 1.54) is 18.2 Å². The number of amides is 3. The van der Waals surface area contributed by atoms with E-state index in [4.69, 9.17) is 23.2 Å². The zero-order valence-corrected chi connectivity index (χ0v) is 19.5. The number of carbonyl (C=O) groups is 4. The van der Waals surface area contributed by atoms with E-state index in [0.717, 1.165) is 34.8 Å². The van der Waals surface area contributed by atoms with Crippen molar-refractivity contribution in [2.75, 3.05) is 6.54 Å². The molecule has 1 saturated heterocycles. The molecule has 2 aromatic rings. The van der Waals surface area contributed by atoms with Gasteiger partial charge in [-0.2, -0.15) is 5.01 Å². The minimum Gasteiger partial charge on any atom is -0.292 e. The molecule has 4 atom stereocenters. The Hall–Kier alpha value is -2.70. The van der Waals surface area contributed by atoms with Crippen LogP contribution in [0.1, 0.15) is 45.5 Å². The first-order valence-corrected chi connectivity index (χ1v) is 11.8. The largest absolute Gasteiger partial charge is 0.292 e. The lowest BCUT2D eigenvalue weighted by Gasteiger charge is -2.31. The Morgan fingerprint density at radius 1 is 0.970 bits per heavy atom. The summed E-state index contributed by atoms with van der Waals surface area (Å²) in [5.74, 6) is -2.38. The third kappa shape index (κ3) is 3.65. The van der Waals surface area contributed by atoms with E-state index in [9.17, 15) is 19.2 Å². The molecular weight excluding hydrogens is 463 g/mol. The summed E-state index contributed by atoms with van der Waals surface area (Å²) < 4.78 is 0. The number of hydrogen-bond donors (Lipinski definition) is 0. The lowest BCUT2D eigenvalue weighted by atomic mass is 9.81. The van der Waals surface area contributed by atoms with Crippen LogP contribution in [-0.2, 0) is 9.59 Å². The maximum atomic E-state index is 13.6. The van der Waals surface area contributed by atoms with Gasteiger partial charge < -0.3 is 0 Å². The van der Waals surface area contributed by atoms with Gasteiger partial charge in [0.05, 0.1) is 22.4 Å². The minimum absolute atomic E-state index is 0.0680. The molecule has 3 fully saturated rings. The highest BCUT2D eigenvalue weighted by molar-refractivity contribution is 6.36. The highest BCUT2D eigenvalue weighted by Gasteiger charge is 2.62. The maximum absolute atomic E-state index is 13.6. The van der Waals surface area contributed by atoms with E-state index < -0.39 is 36.1 Å². The Morgan fingerprint density at radius 2 is 1.58 bits per heavy atom. The normalized spacial score (nSPS) is 25.5. The highest BCUT2D eigenvalue weighted by Crippen LogP contribution is 2.56. The van der Waals surface area contributed by atoms with Crippen LogP contribution in [0.25, 0.3) is 0 Å². The first-order chi connectivity index (χ1) is 15.8. The van der Waals surface area contributed by atoms with Crippen molar-refractivity contribution in [2.45, 2.75) is 26.2 Å². The summed E-state index contributed by atoms with van der Waals surface area (Å²) in [5.41, 5.74) is 1.44. The number of imide groups is 1. The number of nitrogens with zero attached hydrogens (tertiary/aromatic N) is 2. The fourth-order valence-corrected chi connectivity index (χ4v) is 6.12. The number of benzene rings is 2. The highest BCUT2D eigenvalue weighted by atomic mass is 35.5. The first kappa shape index (κ1) is 22.1. The van der Waals surface area contributed by atoms with Crippen molar-refractivity contribution < 1.29 is 19.2 Å². The molecule has 1 heterocycles. The van der Waals surface area contributed by atoms with Crippen LogP contribution in [0, 0.1) is 30.6 Å². The van der Waals surface area contributed by atoms with E-state index in [1.807, 2.05) is 6.92 Å². The Balaban J connectivity index is 1.52.